The summed E-state index contributed by atoms with van der Waals surface area (Å²) in [4.78, 5) is 19.7. The Kier molecular flexibility index (Phi) is 9.01. The van der Waals surface area contributed by atoms with Gasteiger partial charge < -0.3 is 20.3 Å². The van der Waals surface area contributed by atoms with E-state index in [1.165, 1.54) is 38.5 Å². The highest BCUT2D eigenvalue weighted by atomic mass is 127. The maximum absolute atomic E-state index is 12.3. The van der Waals surface area contributed by atoms with Crippen LogP contribution in [0.3, 0.4) is 0 Å². The topological polar surface area (TPSA) is 66.0 Å². The molecular formula is C24H37IN4O2. The lowest BCUT2D eigenvalue weighted by Gasteiger charge is -2.33. The molecule has 172 valence electrons. The molecule has 3 fully saturated rings. The number of hydrogen-bond acceptors (Lipinski definition) is 3. The van der Waals surface area contributed by atoms with Gasteiger partial charge in [-0.2, -0.15) is 0 Å². The predicted octanol–water partition coefficient (Wildman–Crippen LogP) is 4.54. The minimum atomic E-state index is -0.311. The van der Waals surface area contributed by atoms with Crippen molar-refractivity contribution < 1.29 is 9.53 Å². The van der Waals surface area contributed by atoms with Gasteiger partial charge in [0.15, 0.2) is 5.96 Å². The molecule has 2 saturated heterocycles. The van der Waals surface area contributed by atoms with Crippen LogP contribution in [0.4, 0.5) is 5.69 Å². The van der Waals surface area contributed by atoms with Crippen molar-refractivity contribution in [2.45, 2.75) is 70.9 Å². The number of aliphatic imine (C=N–C) groups is 1. The largest absolute Gasteiger partial charge is 0.368 e. The highest BCUT2D eigenvalue weighted by Crippen LogP contribution is 2.43. The third-order valence-corrected chi connectivity index (χ3v) is 6.81. The van der Waals surface area contributed by atoms with Crippen molar-refractivity contribution in [2.24, 2.45) is 10.4 Å². The standard InChI is InChI=1S/C24H36N4O2.HI/c1-2-25-23(28-14-13-24(18-28)11-4-3-5-12-24)26-17-19-8-6-9-20(16-19)27-22(29)21-10-7-15-30-21;/h6,8-9,16,21H,2-5,7,10-15,17-18H2,1H3,(H,25,26)(H,27,29);1H. The second-order valence-corrected chi connectivity index (χ2v) is 9.09. The lowest BCUT2D eigenvalue weighted by atomic mass is 9.73. The van der Waals surface area contributed by atoms with Crippen LogP contribution in [-0.4, -0.2) is 49.1 Å². The molecule has 1 amide bonds. The average Bonchev–Trinajstić information content (AvgIpc) is 3.43. The summed E-state index contributed by atoms with van der Waals surface area (Å²) in [6.07, 6.45) is 9.64. The molecule has 0 bridgehead atoms. The van der Waals surface area contributed by atoms with Gasteiger partial charge in [-0.3, -0.25) is 4.79 Å². The fourth-order valence-electron chi connectivity index (χ4n) is 5.17. The zero-order valence-corrected chi connectivity index (χ0v) is 21.0. The number of carbonyl (C=O) groups is 1. The van der Waals surface area contributed by atoms with Crippen LogP contribution in [-0.2, 0) is 16.1 Å². The molecule has 0 radical (unpaired) electrons. The number of nitrogens with zero attached hydrogens (tertiary/aromatic N) is 2. The van der Waals surface area contributed by atoms with Crippen molar-refractivity contribution in [3.05, 3.63) is 29.8 Å². The number of guanidine groups is 1. The Morgan fingerprint density at radius 1 is 1.23 bits per heavy atom. The molecule has 1 aromatic carbocycles. The number of benzene rings is 1. The van der Waals surface area contributed by atoms with E-state index in [1.807, 2.05) is 18.2 Å². The van der Waals surface area contributed by atoms with Crippen molar-refractivity contribution in [2.75, 3.05) is 31.6 Å². The Labute approximate surface area is 203 Å². The lowest BCUT2D eigenvalue weighted by Crippen LogP contribution is -2.41. The molecule has 2 heterocycles. The fourth-order valence-corrected chi connectivity index (χ4v) is 5.17. The van der Waals surface area contributed by atoms with E-state index in [2.05, 4.69) is 28.5 Å². The molecular weight excluding hydrogens is 503 g/mol. The number of nitrogens with one attached hydrogen (secondary N) is 2. The van der Waals surface area contributed by atoms with Gasteiger partial charge >= 0.3 is 0 Å². The second-order valence-electron chi connectivity index (χ2n) is 9.09. The lowest BCUT2D eigenvalue weighted by molar-refractivity contribution is -0.124. The Hall–Kier alpha value is -1.35. The fraction of sp³-hybridized carbons (Fsp3) is 0.667. The van der Waals surface area contributed by atoms with Gasteiger partial charge in [0.2, 0.25) is 0 Å². The summed E-state index contributed by atoms with van der Waals surface area (Å²) in [6, 6.07) is 8.00. The van der Waals surface area contributed by atoms with Gasteiger partial charge in [0.25, 0.3) is 5.91 Å². The van der Waals surface area contributed by atoms with Gasteiger partial charge in [0.05, 0.1) is 6.54 Å². The molecule has 1 spiro atoms. The predicted molar refractivity (Wildman–Crippen MR) is 136 cm³/mol. The third kappa shape index (κ3) is 6.34. The first kappa shape index (κ1) is 24.3. The van der Waals surface area contributed by atoms with Gasteiger partial charge in [-0.25, -0.2) is 4.99 Å². The number of rotatable bonds is 5. The molecule has 1 atom stereocenters. The van der Waals surface area contributed by atoms with Crippen LogP contribution in [0.15, 0.2) is 29.3 Å². The number of anilines is 1. The number of carbonyl (C=O) groups excluding carboxylic acids is 1. The quantitative estimate of drug-likeness (QED) is 0.327. The molecule has 31 heavy (non-hydrogen) atoms. The third-order valence-electron chi connectivity index (χ3n) is 6.81. The van der Waals surface area contributed by atoms with Crippen molar-refractivity contribution in [1.29, 1.82) is 0 Å². The first-order valence-electron chi connectivity index (χ1n) is 11.7. The van der Waals surface area contributed by atoms with Crippen molar-refractivity contribution in [3.63, 3.8) is 0 Å². The molecule has 2 aliphatic heterocycles. The second kappa shape index (κ2) is 11.5. The summed E-state index contributed by atoms with van der Waals surface area (Å²) < 4.78 is 5.48. The van der Waals surface area contributed by atoms with Crippen LogP contribution in [0, 0.1) is 5.41 Å². The molecule has 4 rings (SSSR count). The summed E-state index contributed by atoms with van der Waals surface area (Å²) in [6.45, 7) is 6.52. The molecule has 2 N–H and O–H groups in total. The molecule has 0 aromatic heterocycles. The maximum atomic E-state index is 12.3. The monoisotopic (exact) mass is 540 g/mol. The highest BCUT2D eigenvalue weighted by Gasteiger charge is 2.39. The van der Waals surface area contributed by atoms with E-state index in [-0.39, 0.29) is 36.0 Å². The molecule has 1 aliphatic carbocycles. The summed E-state index contributed by atoms with van der Waals surface area (Å²) in [5.74, 6) is 0.977. The van der Waals surface area contributed by atoms with Crippen LogP contribution in [0.5, 0.6) is 0 Å². The molecule has 1 unspecified atom stereocenters. The van der Waals surface area contributed by atoms with E-state index in [1.54, 1.807) is 0 Å². The summed E-state index contributed by atoms with van der Waals surface area (Å²) >= 11 is 0. The van der Waals surface area contributed by atoms with Gasteiger partial charge in [-0.15, -0.1) is 24.0 Å². The van der Waals surface area contributed by atoms with Gasteiger partial charge in [0, 0.05) is 31.9 Å². The van der Waals surface area contributed by atoms with Crippen LogP contribution in [0.2, 0.25) is 0 Å². The van der Waals surface area contributed by atoms with E-state index < -0.39 is 0 Å². The minimum Gasteiger partial charge on any atom is -0.368 e. The van der Waals surface area contributed by atoms with E-state index in [0.29, 0.717) is 18.6 Å². The molecule has 1 saturated carbocycles. The Morgan fingerprint density at radius 3 is 2.81 bits per heavy atom. The maximum Gasteiger partial charge on any atom is 0.253 e. The SMILES string of the molecule is CCNC(=NCc1cccc(NC(=O)C2CCCO2)c1)N1CCC2(CCCCC2)C1.I. The average molecular weight is 540 g/mol. The van der Waals surface area contributed by atoms with Crippen LogP contribution in [0.25, 0.3) is 0 Å². The van der Waals surface area contributed by atoms with E-state index in [4.69, 9.17) is 9.73 Å². The van der Waals surface area contributed by atoms with Crippen molar-refractivity contribution >= 4 is 41.5 Å². The highest BCUT2D eigenvalue weighted by molar-refractivity contribution is 14.0. The number of hydrogen-bond donors (Lipinski definition) is 2. The number of halogens is 1. The first-order chi connectivity index (χ1) is 14.7. The first-order valence-corrected chi connectivity index (χ1v) is 11.7. The zero-order valence-electron chi connectivity index (χ0n) is 18.7. The summed E-state index contributed by atoms with van der Waals surface area (Å²) in [5, 5.41) is 6.48. The van der Waals surface area contributed by atoms with Gasteiger partial charge in [0.1, 0.15) is 6.10 Å². The summed E-state index contributed by atoms with van der Waals surface area (Å²) in [5.41, 5.74) is 2.43. The zero-order chi connectivity index (χ0) is 20.8. The Bertz CT molecular complexity index is 758. The van der Waals surface area contributed by atoms with E-state index in [9.17, 15) is 4.79 Å². The van der Waals surface area contributed by atoms with Crippen LogP contribution >= 0.6 is 24.0 Å². The van der Waals surface area contributed by atoms with Crippen LogP contribution < -0.4 is 10.6 Å². The molecule has 7 heteroatoms. The summed E-state index contributed by atoms with van der Waals surface area (Å²) in [7, 11) is 0. The Morgan fingerprint density at radius 2 is 2.06 bits per heavy atom. The number of ether oxygens (including phenoxy) is 1. The van der Waals surface area contributed by atoms with Crippen molar-refractivity contribution in [1.82, 2.24) is 10.2 Å². The Balaban J connectivity index is 0.00000272. The molecule has 1 aromatic rings. The molecule has 3 aliphatic rings. The van der Waals surface area contributed by atoms with Gasteiger partial charge in [-0.05, 0) is 62.1 Å². The number of likely N-dealkylation sites (tertiary alicyclic amines) is 1. The van der Waals surface area contributed by atoms with E-state index in [0.717, 1.165) is 49.7 Å². The van der Waals surface area contributed by atoms with E-state index >= 15 is 0 Å². The minimum absolute atomic E-state index is 0. The van der Waals surface area contributed by atoms with Crippen LogP contribution in [0.1, 0.15) is 63.9 Å². The van der Waals surface area contributed by atoms with Crippen molar-refractivity contribution in [3.8, 4) is 0 Å². The smallest absolute Gasteiger partial charge is 0.253 e. The number of amides is 1. The normalized spacial score (nSPS) is 22.9. The van der Waals surface area contributed by atoms with Gasteiger partial charge in [-0.1, -0.05) is 31.4 Å². The molecule has 6 nitrogen and oxygen atoms in total.